The van der Waals surface area contributed by atoms with Crippen molar-refractivity contribution < 1.29 is 14.3 Å². The Balaban J connectivity index is 1.54. The number of piperidine rings is 1. The van der Waals surface area contributed by atoms with Crippen molar-refractivity contribution in [3.63, 3.8) is 0 Å². The predicted molar refractivity (Wildman–Crippen MR) is 111 cm³/mol. The summed E-state index contributed by atoms with van der Waals surface area (Å²) in [6.45, 7) is 2.87. The van der Waals surface area contributed by atoms with Crippen molar-refractivity contribution in [3.8, 4) is 11.5 Å². The molecule has 1 unspecified atom stereocenters. The molecule has 1 atom stereocenters. The quantitative estimate of drug-likeness (QED) is 0.747. The first-order valence-electron chi connectivity index (χ1n) is 9.64. The van der Waals surface area contributed by atoms with Crippen LogP contribution in [0.15, 0.2) is 54.6 Å². The van der Waals surface area contributed by atoms with Crippen molar-refractivity contribution >= 4 is 12.0 Å². The maximum atomic E-state index is 12.4. The Kier molecular flexibility index (Phi) is 7.09. The average molecular weight is 380 g/mol. The van der Waals surface area contributed by atoms with Gasteiger partial charge in [-0.25, -0.2) is 0 Å². The van der Waals surface area contributed by atoms with Crippen LogP contribution in [0.1, 0.15) is 24.0 Å². The van der Waals surface area contributed by atoms with Crippen LogP contribution in [-0.2, 0) is 11.3 Å². The van der Waals surface area contributed by atoms with E-state index in [1.807, 2.05) is 18.2 Å². The Morgan fingerprint density at radius 1 is 1.14 bits per heavy atom. The molecular formula is C23H28N2O3. The molecule has 28 heavy (non-hydrogen) atoms. The van der Waals surface area contributed by atoms with E-state index in [-0.39, 0.29) is 11.9 Å². The van der Waals surface area contributed by atoms with Gasteiger partial charge in [0, 0.05) is 31.3 Å². The molecule has 1 N–H and O–H groups in total. The summed E-state index contributed by atoms with van der Waals surface area (Å²) in [7, 11) is 3.22. The van der Waals surface area contributed by atoms with Crippen LogP contribution >= 0.6 is 0 Å². The fourth-order valence-electron chi connectivity index (χ4n) is 3.51. The van der Waals surface area contributed by atoms with Crippen molar-refractivity contribution in [1.29, 1.82) is 0 Å². The van der Waals surface area contributed by atoms with Gasteiger partial charge in [0.15, 0.2) is 0 Å². The number of rotatable bonds is 7. The Bertz CT molecular complexity index is 782. The van der Waals surface area contributed by atoms with Crippen molar-refractivity contribution in [3.05, 3.63) is 65.7 Å². The van der Waals surface area contributed by atoms with E-state index < -0.39 is 0 Å². The van der Waals surface area contributed by atoms with E-state index in [4.69, 9.17) is 9.47 Å². The molecule has 0 bridgehead atoms. The van der Waals surface area contributed by atoms with Crippen molar-refractivity contribution in [1.82, 2.24) is 10.2 Å². The lowest BCUT2D eigenvalue weighted by atomic mass is 10.0. The lowest BCUT2D eigenvalue weighted by molar-refractivity contribution is -0.117. The molecule has 5 heteroatoms. The van der Waals surface area contributed by atoms with Gasteiger partial charge in [0.1, 0.15) is 11.5 Å². The van der Waals surface area contributed by atoms with Crippen molar-refractivity contribution in [2.75, 3.05) is 27.3 Å². The molecule has 1 aliphatic heterocycles. The van der Waals surface area contributed by atoms with Gasteiger partial charge in [0.25, 0.3) is 0 Å². The van der Waals surface area contributed by atoms with E-state index >= 15 is 0 Å². The van der Waals surface area contributed by atoms with E-state index in [0.29, 0.717) is 11.5 Å². The molecule has 3 rings (SSSR count). The number of carbonyl (C=O) groups excluding carboxylic acids is 1. The second-order valence-electron chi connectivity index (χ2n) is 7.05. The fourth-order valence-corrected chi connectivity index (χ4v) is 3.51. The topological polar surface area (TPSA) is 50.8 Å². The zero-order chi connectivity index (χ0) is 19.8. The number of amides is 1. The van der Waals surface area contributed by atoms with Gasteiger partial charge in [-0.05, 0) is 48.7 Å². The molecule has 0 aromatic heterocycles. The van der Waals surface area contributed by atoms with Gasteiger partial charge in [-0.2, -0.15) is 0 Å². The van der Waals surface area contributed by atoms with Crippen LogP contribution in [0.5, 0.6) is 11.5 Å². The molecule has 1 heterocycles. The number of carbonyl (C=O) groups is 1. The van der Waals surface area contributed by atoms with E-state index in [1.54, 1.807) is 32.4 Å². The first-order valence-corrected chi connectivity index (χ1v) is 9.64. The molecule has 0 spiro atoms. The number of ether oxygens (including phenoxy) is 2. The lowest BCUT2D eigenvalue weighted by Crippen LogP contribution is -2.46. The van der Waals surface area contributed by atoms with Crippen LogP contribution in [0.25, 0.3) is 6.08 Å². The summed E-state index contributed by atoms with van der Waals surface area (Å²) in [6.07, 6.45) is 5.46. The van der Waals surface area contributed by atoms with Crippen LogP contribution in [0.4, 0.5) is 0 Å². The van der Waals surface area contributed by atoms with E-state index in [0.717, 1.165) is 38.0 Å². The van der Waals surface area contributed by atoms with Gasteiger partial charge in [-0.1, -0.05) is 30.3 Å². The molecule has 1 aliphatic rings. The molecule has 2 aromatic rings. The molecule has 0 saturated carbocycles. The molecule has 2 aromatic carbocycles. The van der Waals surface area contributed by atoms with Crippen LogP contribution < -0.4 is 14.8 Å². The molecular weight excluding hydrogens is 352 g/mol. The third kappa shape index (κ3) is 5.86. The van der Waals surface area contributed by atoms with Gasteiger partial charge < -0.3 is 14.8 Å². The number of hydrogen-bond acceptors (Lipinski definition) is 4. The highest BCUT2D eigenvalue weighted by molar-refractivity contribution is 5.92. The van der Waals surface area contributed by atoms with Crippen LogP contribution in [-0.4, -0.2) is 44.2 Å². The van der Waals surface area contributed by atoms with E-state index in [2.05, 4.69) is 34.5 Å². The van der Waals surface area contributed by atoms with E-state index in [9.17, 15) is 4.79 Å². The molecule has 0 aliphatic carbocycles. The second kappa shape index (κ2) is 9.95. The van der Waals surface area contributed by atoms with Gasteiger partial charge in [0.2, 0.25) is 5.91 Å². The summed E-state index contributed by atoms with van der Waals surface area (Å²) in [5.74, 6) is 1.32. The predicted octanol–water partition coefficient (Wildman–Crippen LogP) is 3.50. The Labute approximate surface area is 167 Å². The number of nitrogens with zero attached hydrogens (tertiary/aromatic N) is 1. The van der Waals surface area contributed by atoms with Crippen molar-refractivity contribution in [2.24, 2.45) is 0 Å². The minimum absolute atomic E-state index is 0.0756. The minimum Gasteiger partial charge on any atom is -0.497 e. The third-order valence-electron chi connectivity index (χ3n) is 4.90. The third-order valence-corrected chi connectivity index (χ3v) is 4.90. The maximum Gasteiger partial charge on any atom is 0.244 e. The molecule has 1 fully saturated rings. The SMILES string of the molecule is COc1cc(C=CC(=O)NC2CCCN(Cc3ccccc3)C2)cc(OC)c1. The first-order chi connectivity index (χ1) is 13.7. The minimum atomic E-state index is -0.0756. The smallest absolute Gasteiger partial charge is 0.244 e. The summed E-state index contributed by atoms with van der Waals surface area (Å²) >= 11 is 0. The number of hydrogen-bond donors (Lipinski definition) is 1. The standard InChI is InChI=1S/C23H28N2O3/c1-27-21-13-19(14-22(15-21)28-2)10-11-23(26)24-20-9-6-12-25(17-20)16-18-7-4-3-5-8-18/h3-5,7-8,10-11,13-15,20H,6,9,12,16-17H2,1-2H3,(H,24,26). The summed E-state index contributed by atoms with van der Waals surface area (Å²) in [4.78, 5) is 14.8. The highest BCUT2D eigenvalue weighted by Gasteiger charge is 2.20. The zero-order valence-electron chi connectivity index (χ0n) is 16.6. The normalized spacial score (nSPS) is 17.4. The van der Waals surface area contributed by atoms with Gasteiger partial charge in [-0.3, -0.25) is 9.69 Å². The average Bonchev–Trinajstić information content (AvgIpc) is 2.73. The lowest BCUT2D eigenvalue weighted by Gasteiger charge is -2.33. The number of nitrogens with one attached hydrogen (secondary N) is 1. The molecule has 1 saturated heterocycles. The largest absolute Gasteiger partial charge is 0.497 e. The van der Waals surface area contributed by atoms with Crippen LogP contribution in [0.3, 0.4) is 0 Å². The van der Waals surface area contributed by atoms with Gasteiger partial charge in [0.05, 0.1) is 14.2 Å². The first kappa shape index (κ1) is 20.0. The Morgan fingerprint density at radius 3 is 2.54 bits per heavy atom. The van der Waals surface area contributed by atoms with Gasteiger partial charge in [-0.15, -0.1) is 0 Å². The van der Waals surface area contributed by atoms with Crippen LogP contribution in [0, 0.1) is 0 Å². The zero-order valence-corrected chi connectivity index (χ0v) is 16.6. The van der Waals surface area contributed by atoms with Crippen LogP contribution in [0.2, 0.25) is 0 Å². The summed E-state index contributed by atoms with van der Waals surface area (Å²) < 4.78 is 10.5. The number of benzene rings is 2. The summed E-state index contributed by atoms with van der Waals surface area (Å²) in [6, 6.07) is 16.2. The number of methoxy groups -OCH3 is 2. The maximum absolute atomic E-state index is 12.4. The molecule has 0 radical (unpaired) electrons. The monoisotopic (exact) mass is 380 g/mol. The molecule has 1 amide bonds. The summed E-state index contributed by atoms with van der Waals surface area (Å²) in [5.41, 5.74) is 2.17. The molecule has 148 valence electrons. The molecule has 5 nitrogen and oxygen atoms in total. The fraction of sp³-hybridized carbons (Fsp3) is 0.348. The Morgan fingerprint density at radius 2 is 1.86 bits per heavy atom. The van der Waals surface area contributed by atoms with Gasteiger partial charge >= 0.3 is 0 Å². The highest BCUT2D eigenvalue weighted by Crippen LogP contribution is 2.23. The van der Waals surface area contributed by atoms with Crippen molar-refractivity contribution in [2.45, 2.75) is 25.4 Å². The number of likely N-dealkylation sites (tertiary alicyclic amines) is 1. The highest BCUT2D eigenvalue weighted by atomic mass is 16.5. The summed E-state index contributed by atoms with van der Waals surface area (Å²) in [5, 5.41) is 3.13. The Hall–Kier alpha value is -2.79. The second-order valence-corrected chi connectivity index (χ2v) is 7.05. The van der Waals surface area contributed by atoms with E-state index in [1.165, 1.54) is 5.56 Å².